The average Bonchev–Trinajstić information content (AvgIpc) is 2.20. The summed E-state index contributed by atoms with van der Waals surface area (Å²) in [6, 6.07) is 4.49. The van der Waals surface area contributed by atoms with Crippen LogP contribution in [0.25, 0.3) is 0 Å². The monoisotopic (exact) mass is 431 g/mol. The number of anilines is 1. The lowest BCUT2D eigenvalue weighted by Crippen LogP contribution is -2.42. The summed E-state index contributed by atoms with van der Waals surface area (Å²) in [6.45, 7) is 3.35. The molecule has 0 aliphatic carbocycles. The highest BCUT2D eigenvalue weighted by Gasteiger charge is 2.36. The quantitative estimate of drug-likeness (QED) is 0.616. The first-order valence-corrected chi connectivity index (χ1v) is 7.49. The van der Waals surface area contributed by atoms with E-state index in [-0.39, 0.29) is 5.69 Å². The van der Waals surface area contributed by atoms with Crippen molar-refractivity contribution in [3.05, 3.63) is 27.1 Å². The molecule has 21 heavy (non-hydrogen) atoms. The fraction of sp³-hybridized carbons (Fsp3) is 0.462. The molecule has 0 aliphatic rings. The molecule has 0 unspecified atom stereocenters. The van der Waals surface area contributed by atoms with Crippen LogP contribution in [0.5, 0.6) is 0 Å². The fourth-order valence-electron chi connectivity index (χ4n) is 1.45. The van der Waals surface area contributed by atoms with Crippen LogP contribution in [-0.4, -0.2) is 24.4 Å². The van der Waals surface area contributed by atoms with E-state index in [0.29, 0.717) is 13.8 Å². The molecule has 1 aromatic rings. The highest BCUT2D eigenvalue weighted by Crippen LogP contribution is 2.29. The van der Waals surface area contributed by atoms with Crippen LogP contribution < -0.4 is 4.90 Å². The van der Waals surface area contributed by atoms with Gasteiger partial charge in [0.2, 0.25) is 0 Å². The normalized spacial score (nSPS) is 12.2. The van der Waals surface area contributed by atoms with Crippen LogP contribution in [0.15, 0.2) is 27.1 Å². The van der Waals surface area contributed by atoms with Gasteiger partial charge in [-0.25, -0.2) is 4.79 Å². The highest BCUT2D eigenvalue weighted by atomic mass is 79.9. The number of halogens is 5. The SMILES string of the molecule is CC(C)(C)OC(=O)N(CC(F)(F)F)c1cc(Br)cc(Br)c1. The van der Waals surface area contributed by atoms with E-state index in [0.717, 1.165) is 0 Å². The molecule has 0 saturated carbocycles. The summed E-state index contributed by atoms with van der Waals surface area (Å²) < 4.78 is 44.3. The number of carbonyl (C=O) groups excluding carboxylic acids is 1. The van der Waals surface area contributed by atoms with E-state index in [1.165, 1.54) is 12.1 Å². The Hall–Kier alpha value is -0.760. The van der Waals surface area contributed by atoms with E-state index in [1.54, 1.807) is 26.8 Å². The Morgan fingerprint density at radius 2 is 1.62 bits per heavy atom. The predicted molar refractivity (Wildman–Crippen MR) is 81.5 cm³/mol. The molecule has 0 radical (unpaired) electrons. The summed E-state index contributed by atoms with van der Waals surface area (Å²) in [6.07, 6.45) is -5.59. The maximum Gasteiger partial charge on any atom is 0.415 e. The predicted octanol–water partition coefficient (Wildman–Crippen LogP) is 5.52. The highest BCUT2D eigenvalue weighted by molar-refractivity contribution is 9.11. The van der Waals surface area contributed by atoms with Crippen molar-refractivity contribution in [3.8, 4) is 0 Å². The molecule has 0 spiro atoms. The van der Waals surface area contributed by atoms with Gasteiger partial charge in [-0.15, -0.1) is 0 Å². The number of hydrogen-bond donors (Lipinski definition) is 0. The number of ether oxygens (including phenoxy) is 1. The van der Waals surface area contributed by atoms with E-state index in [2.05, 4.69) is 31.9 Å². The molecular formula is C13H14Br2F3NO2. The van der Waals surface area contributed by atoms with Crippen LogP contribution in [0.4, 0.5) is 23.7 Å². The van der Waals surface area contributed by atoms with Crippen molar-refractivity contribution in [1.29, 1.82) is 0 Å². The van der Waals surface area contributed by atoms with Gasteiger partial charge in [0.05, 0.1) is 0 Å². The van der Waals surface area contributed by atoms with Crippen molar-refractivity contribution in [1.82, 2.24) is 0 Å². The molecule has 0 aromatic heterocycles. The van der Waals surface area contributed by atoms with E-state index >= 15 is 0 Å². The third kappa shape index (κ3) is 6.69. The third-order valence-electron chi connectivity index (χ3n) is 2.11. The molecule has 0 bridgehead atoms. The molecule has 3 nitrogen and oxygen atoms in total. The maximum absolute atomic E-state index is 12.7. The summed E-state index contributed by atoms with van der Waals surface area (Å²) in [5.41, 5.74) is -0.799. The number of carbonyl (C=O) groups is 1. The largest absolute Gasteiger partial charge is 0.443 e. The molecule has 0 saturated heterocycles. The number of nitrogens with zero attached hydrogens (tertiary/aromatic N) is 1. The second-order valence-corrected chi connectivity index (χ2v) is 7.14. The van der Waals surface area contributed by atoms with Crippen molar-refractivity contribution < 1.29 is 22.7 Å². The zero-order valence-electron chi connectivity index (χ0n) is 11.6. The van der Waals surface area contributed by atoms with Gasteiger partial charge >= 0.3 is 12.3 Å². The lowest BCUT2D eigenvalue weighted by Gasteiger charge is -2.28. The molecule has 8 heteroatoms. The van der Waals surface area contributed by atoms with Crippen LogP contribution >= 0.6 is 31.9 Å². The molecular weight excluding hydrogens is 419 g/mol. The lowest BCUT2D eigenvalue weighted by molar-refractivity contribution is -0.119. The van der Waals surface area contributed by atoms with Crippen molar-refractivity contribution in [2.45, 2.75) is 32.5 Å². The van der Waals surface area contributed by atoms with Crippen molar-refractivity contribution in [2.24, 2.45) is 0 Å². The zero-order chi connectivity index (χ0) is 16.4. The van der Waals surface area contributed by atoms with Crippen molar-refractivity contribution >= 4 is 43.6 Å². The summed E-state index contributed by atoms with van der Waals surface area (Å²) in [5.74, 6) is 0. The first kappa shape index (κ1) is 18.3. The summed E-state index contributed by atoms with van der Waals surface area (Å²) in [7, 11) is 0. The van der Waals surface area contributed by atoms with Gasteiger partial charge in [0, 0.05) is 14.6 Å². The summed E-state index contributed by atoms with van der Waals surface area (Å²) in [4.78, 5) is 12.6. The Morgan fingerprint density at radius 1 is 1.14 bits per heavy atom. The summed E-state index contributed by atoms with van der Waals surface area (Å²) >= 11 is 6.36. The minimum atomic E-state index is -4.54. The average molecular weight is 433 g/mol. The van der Waals surface area contributed by atoms with E-state index in [4.69, 9.17) is 4.74 Å². The smallest absolute Gasteiger partial charge is 0.415 e. The molecule has 0 aliphatic heterocycles. The Morgan fingerprint density at radius 3 is 2.00 bits per heavy atom. The minimum Gasteiger partial charge on any atom is -0.443 e. The zero-order valence-corrected chi connectivity index (χ0v) is 14.8. The van der Waals surface area contributed by atoms with Crippen LogP contribution in [0.2, 0.25) is 0 Å². The molecule has 1 aromatic carbocycles. The van der Waals surface area contributed by atoms with Gasteiger partial charge in [0.1, 0.15) is 12.1 Å². The van der Waals surface area contributed by atoms with Crippen LogP contribution in [-0.2, 0) is 4.74 Å². The minimum absolute atomic E-state index is 0.0859. The van der Waals surface area contributed by atoms with Gasteiger partial charge < -0.3 is 4.74 Å². The van der Waals surface area contributed by atoms with Gasteiger partial charge in [-0.2, -0.15) is 13.2 Å². The standard InChI is InChI=1S/C13H14Br2F3NO2/c1-12(2,3)21-11(20)19(7-13(16,17)18)10-5-8(14)4-9(15)6-10/h4-6H,7H2,1-3H3. The number of amides is 1. The molecule has 1 rings (SSSR count). The molecule has 1 amide bonds. The first-order chi connectivity index (χ1) is 9.37. The van der Waals surface area contributed by atoms with Crippen molar-refractivity contribution in [3.63, 3.8) is 0 Å². The third-order valence-corrected chi connectivity index (χ3v) is 3.03. The Bertz CT molecular complexity index is 507. The van der Waals surface area contributed by atoms with Gasteiger partial charge in [0.25, 0.3) is 0 Å². The Kier molecular flexibility index (Phi) is 5.71. The van der Waals surface area contributed by atoms with Gasteiger partial charge in [-0.3, -0.25) is 4.90 Å². The molecule has 0 fully saturated rings. The number of rotatable bonds is 2. The lowest BCUT2D eigenvalue weighted by atomic mass is 10.2. The second kappa shape index (κ2) is 6.56. The summed E-state index contributed by atoms with van der Waals surface area (Å²) in [5, 5.41) is 0. The maximum atomic E-state index is 12.7. The number of hydrogen-bond acceptors (Lipinski definition) is 2. The number of alkyl halides is 3. The molecule has 0 heterocycles. The fourth-order valence-corrected chi connectivity index (χ4v) is 2.72. The van der Waals surface area contributed by atoms with E-state index in [1.807, 2.05) is 0 Å². The van der Waals surface area contributed by atoms with Crippen LogP contribution in [0.1, 0.15) is 20.8 Å². The van der Waals surface area contributed by atoms with Crippen LogP contribution in [0, 0.1) is 0 Å². The number of benzene rings is 1. The second-order valence-electron chi connectivity index (χ2n) is 5.31. The van der Waals surface area contributed by atoms with Gasteiger partial charge in [-0.1, -0.05) is 31.9 Å². The topological polar surface area (TPSA) is 29.5 Å². The molecule has 0 atom stereocenters. The molecule has 0 N–H and O–H groups in total. The van der Waals surface area contributed by atoms with E-state index in [9.17, 15) is 18.0 Å². The first-order valence-electron chi connectivity index (χ1n) is 5.91. The van der Waals surface area contributed by atoms with Crippen LogP contribution in [0.3, 0.4) is 0 Å². The Balaban J connectivity index is 3.16. The Labute approximate surface area is 137 Å². The van der Waals surface area contributed by atoms with E-state index < -0.39 is 24.4 Å². The van der Waals surface area contributed by atoms with Crippen molar-refractivity contribution in [2.75, 3.05) is 11.4 Å². The van der Waals surface area contributed by atoms with Gasteiger partial charge in [-0.05, 0) is 39.0 Å². The van der Waals surface area contributed by atoms with Gasteiger partial charge in [0.15, 0.2) is 0 Å². The molecule has 118 valence electrons.